The van der Waals surface area contributed by atoms with Crippen LogP contribution in [0.15, 0.2) is 73.2 Å². The maximum Gasteiger partial charge on any atom is 0.276 e. The minimum atomic E-state index is -0.977. The molecule has 3 fully saturated rings. The van der Waals surface area contributed by atoms with E-state index in [1.807, 2.05) is 36.5 Å². The normalized spacial score (nSPS) is 21.7. The van der Waals surface area contributed by atoms with Crippen molar-refractivity contribution in [1.29, 1.82) is 0 Å². The molecule has 5 aromatic rings. The van der Waals surface area contributed by atoms with Gasteiger partial charge in [-0.25, -0.2) is 15.0 Å². The zero-order valence-electron chi connectivity index (χ0n) is 39.3. The molecule has 17 nitrogen and oxygen atoms in total. The maximum absolute atomic E-state index is 13.9. The van der Waals surface area contributed by atoms with Crippen LogP contribution in [0.2, 0.25) is 0 Å². The summed E-state index contributed by atoms with van der Waals surface area (Å²) in [6.07, 6.45) is 9.50. The van der Waals surface area contributed by atoms with Crippen molar-refractivity contribution in [2.75, 3.05) is 65.8 Å². The van der Waals surface area contributed by atoms with E-state index in [1.165, 1.54) is 11.3 Å². The molecular weight excluding hydrogens is 875 g/mol. The average molecular weight is 932 g/mol. The number of imide groups is 2. The SMILES string of the molecule is C[C@H]1CN(CC2CCN(c3ccc4c(c3)C(=O)N(C3CCC(=O)NC3=O)C4=O)CC2)CCN1c1ccc(Nc2cc(-c3ccnc(N4CCn5c(cc6c5CC(C)(C)C6)C4=O)c3CO)ccn2)nc1. The molecule has 2 atom stereocenters. The van der Waals surface area contributed by atoms with Gasteiger partial charge in [0.25, 0.3) is 17.7 Å². The number of pyridine rings is 3. The highest BCUT2D eigenvalue weighted by Gasteiger charge is 2.45. The molecule has 0 spiro atoms. The Balaban J connectivity index is 0.679. The van der Waals surface area contributed by atoms with Crippen LogP contribution in [0.3, 0.4) is 0 Å². The summed E-state index contributed by atoms with van der Waals surface area (Å²) in [5.41, 5.74) is 8.18. The van der Waals surface area contributed by atoms with E-state index in [0.29, 0.717) is 58.8 Å². The van der Waals surface area contributed by atoms with Crippen LogP contribution in [0.1, 0.15) is 94.5 Å². The number of aliphatic hydroxyl groups excluding tert-OH is 1. The van der Waals surface area contributed by atoms with Crippen LogP contribution in [0.4, 0.5) is 28.8 Å². The predicted octanol–water partition coefficient (Wildman–Crippen LogP) is 5.19. The van der Waals surface area contributed by atoms with Gasteiger partial charge < -0.3 is 24.8 Å². The number of rotatable bonds is 10. The van der Waals surface area contributed by atoms with E-state index >= 15 is 0 Å². The van der Waals surface area contributed by atoms with Crippen molar-refractivity contribution >= 4 is 58.4 Å². The van der Waals surface area contributed by atoms with Gasteiger partial charge in [-0.1, -0.05) is 13.8 Å². The van der Waals surface area contributed by atoms with Crippen LogP contribution in [-0.4, -0.2) is 122 Å². The first-order chi connectivity index (χ1) is 33.3. The third-order valence-corrected chi connectivity index (χ3v) is 15.1. The van der Waals surface area contributed by atoms with Gasteiger partial charge in [0.05, 0.1) is 29.6 Å². The molecule has 1 aliphatic carbocycles. The lowest BCUT2D eigenvalue weighted by Crippen LogP contribution is -2.54. The number of benzene rings is 1. The molecule has 17 heteroatoms. The standard InChI is InChI=1S/C52H57N11O6/c1-31-28-58(29-32-12-16-59(17-13-32)35-4-6-38-39(24-35)50(68)63(49(38)67)41-7-9-46(65)57-48(41)66)18-19-60(31)36-5-8-44(55-27-36)56-45-23-33(10-14-53-45)37-11-15-54-47(40(37)30-64)62-21-20-61-42(51(62)69)22-34-25-52(2,3)26-43(34)61/h4-6,8,10-11,14-15,22-24,27,31-32,41,64H,7,9,12-13,16-21,25-26,28-30H2,1-3H3,(H,53,55,56)(H,57,65,66)/t31-,41?/m0/s1. The number of aliphatic hydroxyl groups is 1. The van der Waals surface area contributed by atoms with Crippen LogP contribution in [0.25, 0.3) is 11.1 Å². The van der Waals surface area contributed by atoms with E-state index in [9.17, 15) is 29.1 Å². The van der Waals surface area contributed by atoms with Crippen LogP contribution in [-0.2, 0) is 35.6 Å². The van der Waals surface area contributed by atoms with Crippen molar-refractivity contribution in [1.82, 2.24) is 34.6 Å². The lowest BCUT2D eigenvalue weighted by molar-refractivity contribution is -0.136. The lowest BCUT2D eigenvalue weighted by atomic mass is 9.90. The largest absolute Gasteiger partial charge is 0.392 e. The number of hydrogen-bond donors (Lipinski definition) is 3. The fourth-order valence-electron chi connectivity index (χ4n) is 11.7. The topological polar surface area (TPSA) is 189 Å². The fourth-order valence-corrected chi connectivity index (χ4v) is 11.7. The van der Waals surface area contributed by atoms with Crippen molar-refractivity contribution in [3.8, 4) is 11.1 Å². The Hall–Kier alpha value is -6.98. The minimum absolute atomic E-state index is 0.0896. The van der Waals surface area contributed by atoms with Crippen LogP contribution < -0.4 is 25.3 Å². The van der Waals surface area contributed by atoms with Crippen LogP contribution in [0.5, 0.6) is 0 Å². The molecule has 5 aliphatic heterocycles. The zero-order chi connectivity index (χ0) is 47.7. The number of anilines is 5. The van der Waals surface area contributed by atoms with Crippen LogP contribution >= 0.6 is 0 Å². The Kier molecular flexibility index (Phi) is 11.3. The molecule has 356 valence electrons. The number of amides is 5. The molecule has 4 aromatic heterocycles. The summed E-state index contributed by atoms with van der Waals surface area (Å²) in [6, 6.07) is 16.5. The Labute approximate surface area is 400 Å². The van der Waals surface area contributed by atoms with Gasteiger partial charge >= 0.3 is 0 Å². The maximum atomic E-state index is 13.9. The van der Waals surface area contributed by atoms with Gasteiger partial charge in [0, 0.05) is 94.2 Å². The second kappa shape index (κ2) is 17.5. The minimum Gasteiger partial charge on any atom is -0.392 e. The highest BCUT2D eigenvalue weighted by Crippen LogP contribution is 2.41. The van der Waals surface area contributed by atoms with Crippen molar-refractivity contribution in [3.05, 3.63) is 107 Å². The van der Waals surface area contributed by atoms with Gasteiger partial charge in [0.15, 0.2) is 0 Å². The quantitative estimate of drug-likeness (QED) is 0.156. The fraction of sp³-hybridized carbons (Fsp3) is 0.423. The number of piperazine rings is 1. The summed E-state index contributed by atoms with van der Waals surface area (Å²) in [7, 11) is 0. The number of aromatic nitrogens is 4. The molecule has 6 aliphatic rings. The lowest BCUT2D eigenvalue weighted by Gasteiger charge is -2.43. The number of carbonyl (C=O) groups excluding carboxylic acids is 5. The molecule has 3 N–H and O–H groups in total. The summed E-state index contributed by atoms with van der Waals surface area (Å²) in [6.45, 7) is 13.2. The third-order valence-electron chi connectivity index (χ3n) is 15.1. The molecule has 0 bridgehead atoms. The molecule has 9 heterocycles. The summed E-state index contributed by atoms with van der Waals surface area (Å²) >= 11 is 0. The second-order valence-electron chi connectivity index (χ2n) is 20.3. The van der Waals surface area contributed by atoms with Crippen molar-refractivity contribution in [2.24, 2.45) is 11.3 Å². The zero-order valence-corrected chi connectivity index (χ0v) is 39.3. The Morgan fingerprint density at radius 1 is 0.768 bits per heavy atom. The van der Waals surface area contributed by atoms with E-state index in [1.54, 1.807) is 29.4 Å². The molecule has 0 radical (unpaired) electrons. The first kappa shape index (κ1) is 44.5. The molecule has 3 saturated heterocycles. The van der Waals surface area contributed by atoms with E-state index in [-0.39, 0.29) is 36.8 Å². The Morgan fingerprint density at radius 3 is 2.33 bits per heavy atom. The number of carbonyl (C=O) groups is 5. The van der Waals surface area contributed by atoms with Crippen molar-refractivity contribution < 1.29 is 29.1 Å². The molecule has 69 heavy (non-hydrogen) atoms. The predicted molar refractivity (Wildman–Crippen MR) is 260 cm³/mol. The summed E-state index contributed by atoms with van der Waals surface area (Å²) < 4.78 is 2.18. The van der Waals surface area contributed by atoms with Gasteiger partial charge in [-0.05, 0) is 122 Å². The summed E-state index contributed by atoms with van der Waals surface area (Å²) in [4.78, 5) is 88.7. The van der Waals surface area contributed by atoms with E-state index in [0.717, 1.165) is 92.4 Å². The third kappa shape index (κ3) is 8.20. The average Bonchev–Trinajstić information content (AvgIpc) is 3.93. The Morgan fingerprint density at radius 2 is 1.57 bits per heavy atom. The second-order valence-corrected chi connectivity index (χ2v) is 20.3. The van der Waals surface area contributed by atoms with Gasteiger partial charge in [0.2, 0.25) is 11.8 Å². The number of nitrogens with zero attached hydrogens (tertiary/aromatic N) is 9. The number of fused-ring (bicyclic) bond motifs is 4. The van der Waals surface area contributed by atoms with E-state index < -0.39 is 29.7 Å². The number of nitrogens with one attached hydrogen (secondary N) is 2. The number of piperidine rings is 2. The monoisotopic (exact) mass is 931 g/mol. The number of hydrogen-bond acceptors (Lipinski definition) is 13. The molecule has 5 amide bonds. The first-order valence-electron chi connectivity index (χ1n) is 24.2. The Bertz CT molecular complexity index is 2910. The first-order valence-corrected chi connectivity index (χ1v) is 24.2. The highest BCUT2D eigenvalue weighted by atomic mass is 16.3. The van der Waals surface area contributed by atoms with E-state index in [2.05, 4.69) is 72.8 Å². The van der Waals surface area contributed by atoms with Gasteiger partial charge in [-0.2, -0.15) is 0 Å². The van der Waals surface area contributed by atoms with Gasteiger partial charge in [-0.15, -0.1) is 0 Å². The molecule has 1 aromatic carbocycles. The molecular formula is C52H57N11O6. The van der Waals surface area contributed by atoms with Crippen molar-refractivity contribution in [3.63, 3.8) is 0 Å². The molecule has 11 rings (SSSR count). The summed E-state index contributed by atoms with van der Waals surface area (Å²) in [5.74, 6) is 0.211. The van der Waals surface area contributed by atoms with Crippen LogP contribution in [0, 0.1) is 11.3 Å². The van der Waals surface area contributed by atoms with Gasteiger partial charge in [-0.3, -0.25) is 44.0 Å². The summed E-state index contributed by atoms with van der Waals surface area (Å²) in [5, 5.41) is 16.3. The highest BCUT2D eigenvalue weighted by molar-refractivity contribution is 6.23. The molecule has 0 saturated carbocycles. The van der Waals surface area contributed by atoms with Crippen molar-refractivity contribution in [2.45, 2.75) is 84.5 Å². The van der Waals surface area contributed by atoms with Gasteiger partial charge in [0.1, 0.15) is 29.2 Å². The van der Waals surface area contributed by atoms with E-state index in [4.69, 9.17) is 4.98 Å². The molecule has 1 unspecified atom stereocenters. The smallest absolute Gasteiger partial charge is 0.276 e.